The molecule has 17 heavy (non-hydrogen) atoms. The van der Waals surface area contributed by atoms with Crippen LogP contribution in [0.2, 0.25) is 0 Å². The molecule has 1 rings (SSSR count). The molecule has 0 bridgehead atoms. The van der Waals surface area contributed by atoms with Crippen molar-refractivity contribution in [3.63, 3.8) is 0 Å². The number of unbranched alkanes of at least 4 members (excludes halogenated alkanes) is 3. The molecule has 0 amide bonds. The maximum Gasteiger partial charge on any atom is 0.106 e. The predicted molar refractivity (Wildman–Crippen MR) is 73.7 cm³/mol. The third kappa shape index (κ3) is 4.99. The fourth-order valence-electron chi connectivity index (χ4n) is 3.39. The minimum Gasteiger partial charge on any atom is -0.229 e. The molecule has 101 valence electrons. The second-order valence-corrected chi connectivity index (χ2v) is 5.96. The van der Waals surface area contributed by atoms with Gasteiger partial charge in [-0.05, 0) is 31.6 Å². The molecule has 1 unspecified atom stereocenters. The van der Waals surface area contributed by atoms with Gasteiger partial charge in [-0.15, -0.1) is 0 Å². The van der Waals surface area contributed by atoms with Crippen molar-refractivity contribution in [2.75, 3.05) is 0 Å². The lowest BCUT2D eigenvalue weighted by molar-refractivity contribution is -0.108. The lowest BCUT2D eigenvalue weighted by Gasteiger charge is -2.37. The van der Waals surface area contributed by atoms with E-state index >= 15 is 0 Å². The first-order valence-electron chi connectivity index (χ1n) is 7.93. The van der Waals surface area contributed by atoms with Crippen LogP contribution >= 0.6 is 0 Å². The summed E-state index contributed by atoms with van der Waals surface area (Å²) < 4.78 is 0. The van der Waals surface area contributed by atoms with Crippen LogP contribution in [0.1, 0.15) is 90.9 Å². The van der Waals surface area contributed by atoms with Gasteiger partial charge in [-0.25, -0.2) is 5.11 Å². The molecule has 1 saturated carbocycles. The summed E-state index contributed by atoms with van der Waals surface area (Å²) in [4.78, 5) is 0. The highest BCUT2D eigenvalue weighted by Crippen LogP contribution is 2.39. The standard InChI is InChI=1S/C16H31O/c1-3-5-6-8-12-15(11-4-2)16(17)13-9-7-10-14-16/h15H,3-14H2,1-2H3. The average Bonchev–Trinajstić information content (AvgIpc) is 2.34. The molecule has 0 aromatic heterocycles. The van der Waals surface area contributed by atoms with Gasteiger partial charge >= 0.3 is 0 Å². The first kappa shape index (κ1) is 15.0. The van der Waals surface area contributed by atoms with Gasteiger partial charge in [0.25, 0.3) is 0 Å². The highest BCUT2D eigenvalue weighted by molar-refractivity contribution is 4.88. The van der Waals surface area contributed by atoms with Crippen molar-refractivity contribution in [1.29, 1.82) is 0 Å². The van der Waals surface area contributed by atoms with E-state index in [0.717, 1.165) is 19.3 Å². The lowest BCUT2D eigenvalue weighted by atomic mass is 9.72. The van der Waals surface area contributed by atoms with Gasteiger partial charge < -0.3 is 0 Å². The zero-order valence-corrected chi connectivity index (χ0v) is 12.0. The van der Waals surface area contributed by atoms with Gasteiger partial charge in [0.2, 0.25) is 0 Å². The van der Waals surface area contributed by atoms with E-state index in [-0.39, 0.29) is 0 Å². The molecule has 1 nitrogen and oxygen atoms in total. The maximum atomic E-state index is 12.9. The summed E-state index contributed by atoms with van der Waals surface area (Å²) >= 11 is 0. The van der Waals surface area contributed by atoms with E-state index in [1.165, 1.54) is 57.8 Å². The average molecular weight is 239 g/mol. The van der Waals surface area contributed by atoms with Crippen LogP contribution in [0.3, 0.4) is 0 Å². The second kappa shape index (κ2) is 8.13. The van der Waals surface area contributed by atoms with Gasteiger partial charge in [-0.2, -0.15) is 0 Å². The van der Waals surface area contributed by atoms with Crippen molar-refractivity contribution in [2.24, 2.45) is 5.92 Å². The summed E-state index contributed by atoms with van der Waals surface area (Å²) in [6, 6.07) is 0. The lowest BCUT2D eigenvalue weighted by Crippen LogP contribution is -2.38. The van der Waals surface area contributed by atoms with Crippen LogP contribution in [0.15, 0.2) is 0 Å². The summed E-state index contributed by atoms with van der Waals surface area (Å²) in [5, 5.41) is 12.9. The minimum atomic E-state index is -0.555. The summed E-state index contributed by atoms with van der Waals surface area (Å²) in [5.41, 5.74) is -0.555. The molecule has 1 atom stereocenters. The topological polar surface area (TPSA) is 19.9 Å². The van der Waals surface area contributed by atoms with Crippen molar-refractivity contribution in [3.8, 4) is 0 Å². The van der Waals surface area contributed by atoms with Gasteiger partial charge in [0.05, 0.1) is 0 Å². The first-order chi connectivity index (χ1) is 8.23. The molecule has 1 fully saturated rings. The number of hydrogen-bond acceptors (Lipinski definition) is 0. The van der Waals surface area contributed by atoms with E-state index < -0.39 is 5.60 Å². The van der Waals surface area contributed by atoms with Gasteiger partial charge in [0, 0.05) is 0 Å². The molecule has 0 aromatic rings. The molecule has 0 heterocycles. The molecule has 1 heteroatoms. The van der Waals surface area contributed by atoms with Crippen LogP contribution in [-0.4, -0.2) is 5.60 Å². The Morgan fingerprint density at radius 2 is 1.59 bits per heavy atom. The summed E-state index contributed by atoms with van der Waals surface area (Å²) in [5.74, 6) is 0.463. The fourth-order valence-corrected chi connectivity index (χ4v) is 3.39. The Labute approximate surface area is 108 Å². The van der Waals surface area contributed by atoms with Crippen molar-refractivity contribution in [3.05, 3.63) is 0 Å². The third-order valence-electron chi connectivity index (χ3n) is 4.49. The zero-order valence-electron chi connectivity index (χ0n) is 12.0. The van der Waals surface area contributed by atoms with E-state index in [1.54, 1.807) is 0 Å². The Hall–Kier alpha value is -0.0400. The number of hydrogen-bond donors (Lipinski definition) is 0. The van der Waals surface area contributed by atoms with Crippen LogP contribution < -0.4 is 0 Å². The third-order valence-corrected chi connectivity index (χ3v) is 4.49. The largest absolute Gasteiger partial charge is 0.229 e. The summed E-state index contributed by atoms with van der Waals surface area (Å²) in [6.45, 7) is 4.48. The second-order valence-electron chi connectivity index (χ2n) is 5.96. The molecule has 1 radical (unpaired) electrons. The summed E-state index contributed by atoms with van der Waals surface area (Å²) in [6.07, 6.45) is 14.3. The van der Waals surface area contributed by atoms with Crippen molar-refractivity contribution in [1.82, 2.24) is 0 Å². The predicted octanol–water partition coefficient (Wildman–Crippen LogP) is 5.51. The molecule has 0 saturated heterocycles. The van der Waals surface area contributed by atoms with Gasteiger partial charge in [-0.1, -0.05) is 65.2 Å². The Bertz CT molecular complexity index is 182. The Morgan fingerprint density at radius 3 is 2.18 bits per heavy atom. The Morgan fingerprint density at radius 1 is 0.882 bits per heavy atom. The molecular formula is C16H31O. The minimum absolute atomic E-state index is 0.463. The quantitative estimate of drug-likeness (QED) is 0.498. The molecule has 1 aliphatic carbocycles. The monoisotopic (exact) mass is 239 g/mol. The van der Waals surface area contributed by atoms with Crippen LogP contribution in [0.25, 0.3) is 0 Å². The maximum absolute atomic E-state index is 12.9. The summed E-state index contributed by atoms with van der Waals surface area (Å²) in [7, 11) is 0. The highest BCUT2D eigenvalue weighted by atomic mass is 16.3. The van der Waals surface area contributed by atoms with Crippen molar-refractivity contribution >= 4 is 0 Å². The van der Waals surface area contributed by atoms with Crippen molar-refractivity contribution < 1.29 is 5.11 Å². The van der Waals surface area contributed by atoms with Gasteiger partial charge in [0.15, 0.2) is 0 Å². The van der Waals surface area contributed by atoms with E-state index in [0.29, 0.717) is 5.92 Å². The van der Waals surface area contributed by atoms with Crippen LogP contribution in [-0.2, 0) is 5.11 Å². The van der Waals surface area contributed by atoms with Gasteiger partial charge in [0.1, 0.15) is 5.60 Å². The molecule has 1 aliphatic rings. The van der Waals surface area contributed by atoms with E-state index in [1.807, 2.05) is 0 Å². The molecule has 0 aromatic carbocycles. The Balaban J connectivity index is 2.39. The molecule has 0 N–H and O–H groups in total. The Kier molecular flexibility index (Phi) is 7.18. The molecule has 0 aliphatic heterocycles. The normalized spacial score (nSPS) is 21.4. The highest BCUT2D eigenvalue weighted by Gasteiger charge is 2.38. The zero-order chi connectivity index (χ0) is 12.6. The van der Waals surface area contributed by atoms with Crippen LogP contribution in [0.5, 0.6) is 0 Å². The number of rotatable bonds is 8. The van der Waals surface area contributed by atoms with Crippen LogP contribution in [0, 0.1) is 5.92 Å². The SMILES string of the molecule is CCCCCCC(CCC)C1([O])CCCCC1. The fraction of sp³-hybridized carbons (Fsp3) is 1.00. The van der Waals surface area contributed by atoms with Crippen LogP contribution in [0.4, 0.5) is 0 Å². The van der Waals surface area contributed by atoms with Crippen molar-refractivity contribution in [2.45, 2.75) is 96.5 Å². The van der Waals surface area contributed by atoms with E-state index in [9.17, 15) is 5.11 Å². The van der Waals surface area contributed by atoms with E-state index in [2.05, 4.69) is 13.8 Å². The molecular weight excluding hydrogens is 208 g/mol. The first-order valence-corrected chi connectivity index (χ1v) is 7.93. The van der Waals surface area contributed by atoms with E-state index in [4.69, 9.17) is 0 Å². The van der Waals surface area contributed by atoms with Gasteiger partial charge in [-0.3, -0.25) is 0 Å². The molecule has 0 spiro atoms. The smallest absolute Gasteiger partial charge is 0.106 e.